The molecule has 0 radical (unpaired) electrons. The van der Waals surface area contributed by atoms with Gasteiger partial charge in [-0.05, 0) is 81.7 Å². The van der Waals surface area contributed by atoms with E-state index >= 15 is 0 Å². The van der Waals surface area contributed by atoms with Gasteiger partial charge in [-0.25, -0.2) is 0 Å². The first-order valence-electron chi connectivity index (χ1n) is 19.1. The van der Waals surface area contributed by atoms with Crippen molar-refractivity contribution in [3.05, 3.63) is 76.4 Å². The average Bonchev–Trinajstić information content (AvgIpc) is 3.63. The number of thiophene rings is 1. The summed E-state index contributed by atoms with van der Waals surface area (Å²) in [5.41, 5.74) is -5.82. The van der Waals surface area contributed by atoms with Gasteiger partial charge in [0.05, 0.1) is 29.2 Å². The number of rotatable bonds is 13. The molecule has 2 saturated heterocycles. The minimum absolute atomic E-state index is 0.0263. The fourth-order valence-corrected chi connectivity index (χ4v) is 9.21. The molecule has 1 saturated carbocycles. The van der Waals surface area contributed by atoms with Gasteiger partial charge in [-0.15, -0.1) is 0 Å². The molecule has 0 bridgehead atoms. The monoisotopic (exact) mass is 825 g/mol. The highest BCUT2D eigenvalue weighted by Gasteiger charge is 2.57. The zero-order valence-corrected chi connectivity index (χ0v) is 32.1. The van der Waals surface area contributed by atoms with Crippen LogP contribution in [-0.2, 0) is 27.5 Å². The Morgan fingerprint density at radius 2 is 1.63 bits per heavy atom. The van der Waals surface area contributed by atoms with E-state index in [2.05, 4.69) is 4.98 Å². The first kappa shape index (κ1) is 42.2. The number of piperidine rings is 2. The normalized spacial score (nSPS) is 22.1. The van der Waals surface area contributed by atoms with E-state index in [0.29, 0.717) is 43.4 Å². The number of aromatic nitrogens is 1. The number of amides is 2. The number of alkyl halides is 6. The number of halogens is 6. The summed E-state index contributed by atoms with van der Waals surface area (Å²) in [5.74, 6) is -2.14. The Kier molecular flexibility index (Phi) is 12.2. The molecule has 2 aromatic heterocycles. The summed E-state index contributed by atoms with van der Waals surface area (Å²) < 4.78 is 95.7. The van der Waals surface area contributed by atoms with Crippen molar-refractivity contribution in [2.45, 2.75) is 107 Å². The lowest BCUT2D eigenvalue weighted by Gasteiger charge is -2.51. The van der Waals surface area contributed by atoms with Crippen LogP contribution in [0.2, 0.25) is 0 Å². The van der Waals surface area contributed by atoms with Gasteiger partial charge in [0.15, 0.2) is 5.06 Å². The number of nitrogens with zero attached hydrogens (tertiary/aromatic N) is 3. The van der Waals surface area contributed by atoms with Gasteiger partial charge in [-0.3, -0.25) is 19.4 Å². The number of aliphatic hydroxyl groups is 1. The Morgan fingerprint density at radius 3 is 2.25 bits per heavy atom. The molecule has 4 heterocycles. The summed E-state index contributed by atoms with van der Waals surface area (Å²) in [4.78, 5) is 46.2. The summed E-state index contributed by atoms with van der Waals surface area (Å²) in [7, 11) is 0. The number of hydrogen-bond donors (Lipinski definition) is 2. The molecule has 310 valence electrons. The van der Waals surface area contributed by atoms with Crippen LogP contribution >= 0.6 is 11.3 Å². The topological polar surface area (TPSA) is 130 Å². The van der Waals surface area contributed by atoms with Crippen LogP contribution in [0.15, 0.2) is 54.7 Å². The van der Waals surface area contributed by atoms with Crippen LogP contribution in [-0.4, -0.2) is 80.7 Å². The second-order valence-electron chi connectivity index (χ2n) is 15.1. The lowest BCUT2D eigenvalue weighted by Crippen LogP contribution is -2.68. The predicted molar refractivity (Wildman–Crippen MR) is 196 cm³/mol. The number of para-hydroxylation sites is 1. The number of ether oxygens (including phenoxy) is 2. The van der Waals surface area contributed by atoms with Crippen molar-refractivity contribution in [1.82, 2.24) is 14.8 Å². The number of carboxylic acids is 1. The number of likely N-dealkylation sites (tertiary alicyclic amines) is 2. The fourth-order valence-electron chi connectivity index (χ4n) is 8.41. The van der Waals surface area contributed by atoms with Crippen LogP contribution in [0.3, 0.4) is 0 Å². The maximum absolute atomic E-state index is 14.9. The van der Waals surface area contributed by atoms with Crippen molar-refractivity contribution in [3.8, 4) is 10.8 Å². The van der Waals surface area contributed by atoms with E-state index in [-0.39, 0.29) is 74.7 Å². The number of aliphatic carboxylic acids is 1. The lowest BCUT2D eigenvalue weighted by molar-refractivity contribution is -0.163. The van der Waals surface area contributed by atoms with Gasteiger partial charge >= 0.3 is 18.3 Å². The van der Waals surface area contributed by atoms with Crippen molar-refractivity contribution in [2.24, 2.45) is 5.41 Å². The van der Waals surface area contributed by atoms with E-state index in [0.717, 1.165) is 41.8 Å². The Bertz CT molecular complexity index is 1920. The molecule has 2 aliphatic heterocycles. The number of benzene rings is 1. The van der Waals surface area contributed by atoms with Gasteiger partial charge in [0.1, 0.15) is 16.3 Å². The van der Waals surface area contributed by atoms with Gasteiger partial charge in [-0.2, -0.15) is 26.3 Å². The second-order valence-corrected chi connectivity index (χ2v) is 16.2. The molecule has 3 fully saturated rings. The minimum atomic E-state index is -4.92. The van der Waals surface area contributed by atoms with Crippen molar-refractivity contribution < 1.29 is 60.4 Å². The summed E-state index contributed by atoms with van der Waals surface area (Å²) in [6.07, 6.45) is -5.00. The molecule has 1 aliphatic carbocycles. The van der Waals surface area contributed by atoms with Gasteiger partial charge in [0.2, 0.25) is 5.60 Å². The highest BCUT2D eigenvalue weighted by atomic mass is 32.1. The van der Waals surface area contributed by atoms with Crippen LogP contribution in [0.4, 0.5) is 26.3 Å². The molecular weight excluding hydrogens is 781 g/mol. The highest BCUT2D eigenvalue weighted by molar-refractivity contribution is 7.13. The van der Waals surface area contributed by atoms with Crippen LogP contribution in [0, 0.1) is 5.41 Å². The summed E-state index contributed by atoms with van der Waals surface area (Å²) in [6.45, 7) is 1.86. The lowest BCUT2D eigenvalue weighted by atomic mass is 9.66. The number of pyridine rings is 1. The van der Waals surface area contributed by atoms with E-state index in [1.807, 2.05) is 0 Å². The van der Waals surface area contributed by atoms with E-state index < -0.39 is 68.9 Å². The van der Waals surface area contributed by atoms with Crippen LogP contribution in [0.25, 0.3) is 0 Å². The van der Waals surface area contributed by atoms with E-state index in [1.165, 1.54) is 4.90 Å². The predicted octanol–water partition coefficient (Wildman–Crippen LogP) is 8.33. The molecule has 3 aliphatic rings. The first-order valence-corrected chi connectivity index (χ1v) is 19.9. The molecule has 0 unspecified atom stereocenters. The van der Waals surface area contributed by atoms with Gasteiger partial charge in [-0.1, -0.05) is 49.3 Å². The molecule has 57 heavy (non-hydrogen) atoms. The third-order valence-corrected chi connectivity index (χ3v) is 12.6. The summed E-state index contributed by atoms with van der Waals surface area (Å²) >= 11 is 0.276. The van der Waals surface area contributed by atoms with E-state index in [1.54, 1.807) is 31.2 Å². The zero-order chi connectivity index (χ0) is 41.2. The number of carbonyl (C=O) groups excluding carboxylic acids is 2. The van der Waals surface area contributed by atoms with Gasteiger partial charge in [0, 0.05) is 37.8 Å². The molecule has 10 nitrogen and oxygen atoms in total. The standard InChI is InChI=1S/C40H45F6N3O7S/c1-2-9-29-38(56-31-14-13-30(57-31)40(44,45)46,18-7-22-49(29)33(50)32-27(39(41,42)43)11-5-21-47-32)34(51)48-23-19-37(54,20-24-48)26-10-3-4-12-28(26)55-25-8-17-36(35(52)53)15-6-16-36/h3-5,10-14,21,29,54H,2,6-9,15-20,22-25H2,1H3,(H,52,53)/t29-,38+/m1/s1. The molecule has 1 aromatic carbocycles. The zero-order valence-electron chi connectivity index (χ0n) is 31.3. The molecule has 17 heteroatoms. The van der Waals surface area contributed by atoms with Crippen molar-refractivity contribution in [1.29, 1.82) is 0 Å². The third-order valence-electron chi connectivity index (χ3n) is 11.6. The summed E-state index contributed by atoms with van der Waals surface area (Å²) in [6, 6.07) is 9.41. The van der Waals surface area contributed by atoms with Crippen molar-refractivity contribution in [3.63, 3.8) is 0 Å². The Labute approximate surface area is 329 Å². The van der Waals surface area contributed by atoms with E-state index in [4.69, 9.17) is 9.47 Å². The van der Waals surface area contributed by atoms with Crippen LogP contribution < -0.4 is 9.47 Å². The SMILES string of the molecule is CCC[C@H]1N(C(=O)c2ncccc2C(F)(F)F)CCC[C@@]1(Oc1ccc(C(F)(F)F)s1)C(=O)N1CCC(O)(c2ccccc2OCCCC2(C(=O)O)CCC2)CC1. The molecule has 0 spiro atoms. The summed E-state index contributed by atoms with van der Waals surface area (Å²) in [5, 5.41) is 21.4. The van der Waals surface area contributed by atoms with Gasteiger partial charge < -0.3 is 29.5 Å². The Hall–Kier alpha value is -4.38. The van der Waals surface area contributed by atoms with Crippen molar-refractivity contribution >= 4 is 29.1 Å². The highest BCUT2D eigenvalue weighted by Crippen LogP contribution is 2.47. The van der Waals surface area contributed by atoms with Crippen LogP contribution in [0.1, 0.15) is 104 Å². The fraction of sp³-hybridized carbons (Fsp3) is 0.550. The number of carboxylic acid groups (broad SMARTS) is 1. The molecule has 6 rings (SSSR count). The third kappa shape index (κ3) is 8.59. The van der Waals surface area contributed by atoms with Crippen LogP contribution in [0.5, 0.6) is 10.8 Å². The van der Waals surface area contributed by atoms with E-state index in [9.17, 15) is 50.9 Å². The smallest absolute Gasteiger partial charge is 0.425 e. The molecule has 2 atom stereocenters. The molecular formula is C40H45F6N3O7S. The molecule has 2 N–H and O–H groups in total. The minimum Gasteiger partial charge on any atom is -0.493 e. The largest absolute Gasteiger partial charge is 0.493 e. The maximum Gasteiger partial charge on any atom is 0.425 e. The Balaban J connectivity index is 1.26. The first-order chi connectivity index (χ1) is 26.9. The Morgan fingerprint density at radius 1 is 0.912 bits per heavy atom. The number of carbonyl (C=O) groups is 3. The second kappa shape index (κ2) is 16.5. The number of hydrogen-bond acceptors (Lipinski definition) is 8. The molecule has 3 aromatic rings. The quantitative estimate of drug-likeness (QED) is 0.130. The molecule has 2 amide bonds. The van der Waals surface area contributed by atoms with Gasteiger partial charge in [0.25, 0.3) is 11.8 Å². The maximum atomic E-state index is 14.9. The average molecular weight is 826 g/mol. The van der Waals surface area contributed by atoms with Crippen molar-refractivity contribution in [2.75, 3.05) is 26.2 Å².